The van der Waals surface area contributed by atoms with Gasteiger partial charge in [-0.3, -0.25) is 18.6 Å². The van der Waals surface area contributed by atoms with Crippen LogP contribution in [0.15, 0.2) is 71.5 Å². The average molecular weight is 555 g/mol. The molecular weight excluding hydrogens is 524 g/mol. The molecule has 1 fully saturated rings. The van der Waals surface area contributed by atoms with E-state index < -0.39 is 0 Å². The molecule has 2 aromatic heterocycles. The van der Waals surface area contributed by atoms with Crippen molar-refractivity contribution in [3.8, 4) is 0 Å². The first-order valence-electron chi connectivity index (χ1n) is 13.6. The number of anilines is 1. The third-order valence-electron chi connectivity index (χ3n) is 7.94. The van der Waals surface area contributed by atoms with Crippen molar-refractivity contribution in [2.75, 3.05) is 31.1 Å². The third kappa shape index (κ3) is 4.84. The van der Waals surface area contributed by atoms with Gasteiger partial charge in [0.05, 0.1) is 17.4 Å². The lowest BCUT2D eigenvalue weighted by Gasteiger charge is -2.37. The number of para-hydroxylation sites is 1. The summed E-state index contributed by atoms with van der Waals surface area (Å²) in [4.78, 5) is 31.0. The molecule has 0 atom stereocenters. The van der Waals surface area contributed by atoms with E-state index in [1.165, 1.54) is 16.8 Å². The molecule has 0 N–H and O–H groups in total. The highest BCUT2D eigenvalue weighted by Gasteiger charge is 2.23. The lowest BCUT2D eigenvalue weighted by atomic mass is 10.1. The van der Waals surface area contributed by atoms with Crippen molar-refractivity contribution in [1.29, 1.82) is 0 Å². The molecule has 3 heterocycles. The second-order valence-corrected chi connectivity index (χ2v) is 10.8. The Morgan fingerprint density at radius 1 is 0.900 bits per heavy atom. The number of hydrogen-bond donors (Lipinski definition) is 0. The molecule has 1 aliphatic rings. The Hall–Kier alpha value is -4.17. The summed E-state index contributed by atoms with van der Waals surface area (Å²) in [5, 5.41) is 10.1. The van der Waals surface area contributed by atoms with Crippen molar-refractivity contribution in [2.45, 2.75) is 33.2 Å². The van der Waals surface area contributed by atoms with E-state index in [9.17, 15) is 9.59 Å². The summed E-state index contributed by atoms with van der Waals surface area (Å²) in [6.07, 6.45) is 0.759. The number of nitrogens with zero attached hydrogens (tertiary/aromatic N) is 6. The van der Waals surface area contributed by atoms with Crippen molar-refractivity contribution in [2.24, 2.45) is 0 Å². The van der Waals surface area contributed by atoms with Crippen LogP contribution < -0.4 is 10.5 Å². The molecule has 1 aliphatic heterocycles. The molecule has 0 unspecified atom stereocenters. The Balaban J connectivity index is 1.22. The monoisotopic (exact) mass is 554 g/mol. The second kappa shape index (κ2) is 10.8. The Bertz CT molecular complexity index is 1770. The molecule has 5 aromatic rings. The molecule has 0 bridgehead atoms. The van der Waals surface area contributed by atoms with Crippen LogP contribution in [0.5, 0.6) is 0 Å². The number of carbonyl (C=O) groups excluding carboxylic acids is 1. The average Bonchev–Trinajstić information content (AvgIpc) is 3.40. The van der Waals surface area contributed by atoms with Crippen molar-refractivity contribution < 1.29 is 4.79 Å². The Morgan fingerprint density at radius 3 is 2.42 bits per heavy atom. The van der Waals surface area contributed by atoms with Gasteiger partial charge in [0, 0.05) is 49.7 Å². The zero-order valence-corrected chi connectivity index (χ0v) is 23.4. The van der Waals surface area contributed by atoms with E-state index in [-0.39, 0.29) is 11.5 Å². The summed E-state index contributed by atoms with van der Waals surface area (Å²) in [6, 6.07) is 21.3. The van der Waals surface area contributed by atoms with Crippen molar-refractivity contribution in [3.05, 3.63) is 105 Å². The smallest absolute Gasteiger partial charge is 0.263 e. The zero-order chi connectivity index (χ0) is 27.8. The van der Waals surface area contributed by atoms with E-state index in [1.807, 2.05) is 57.8 Å². The molecule has 1 saturated heterocycles. The van der Waals surface area contributed by atoms with Crippen LogP contribution in [-0.2, 0) is 17.8 Å². The van der Waals surface area contributed by atoms with Gasteiger partial charge < -0.3 is 9.80 Å². The predicted molar refractivity (Wildman–Crippen MR) is 158 cm³/mol. The van der Waals surface area contributed by atoms with Gasteiger partial charge in [-0.15, -0.1) is 10.2 Å². The summed E-state index contributed by atoms with van der Waals surface area (Å²) in [7, 11) is 0. The molecule has 204 valence electrons. The topological polar surface area (TPSA) is 75.7 Å². The first-order chi connectivity index (χ1) is 19.4. The van der Waals surface area contributed by atoms with Crippen molar-refractivity contribution in [3.63, 3.8) is 0 Å². The maximum Gasteiger partial charge on any atom is 0.263 e. The van der Waals surface area contributed by atoms with E-state index in [0.29, 0.717) is 54.5 Å². The number of piperazine rings is 1. The zero-order valence-electron chi connectivity index (χ0n) is 22.7. The highest BCUT2D eigenvalue weighted by Crippen LogP contribution is 2.24. The molecule has 8 nitrogen and oxygen atoms in total. The maximum absolute atomic E-state index is 13.5. The van der Waals surface area contributed by atoms with Gasteiger partial charge in [-0.1, -0.05) is 48.0 Å². The Kier molecular flexibility index (Phi) is 7.02. The van der Waals surface area contributed by atoms with Crippen LogP contribution in [0, 0.1) is 13.8 Å². The fraction of sp³-hybridized carbons (Fsp3) is 0.290. The number of hydrogen-bond acceptors (Lipinski definition) is 5. The standard InChI is InChI=1S/C31H31ClN6O2/c1-21-6-5-9-26(22(21)2)35-16-18-36(19-17-35)29(39)15-14-28-33-34-31-37(20-23-10-12-24(32)13-11-23)30(40)25-7-3-4-8-27(25)38(28)31/h3-13H,14-20H2,1-2H3. The maximum atomic E-state index is 13.5. The summed E-state index contributed by atoms with van der Waals surface area (Å²) in [5.74, 6) is 1.23. The first kappa shape index (κ1) is 26.1. The van der Waals surface area contributed by atoms with Crippen LogP contribution in [0.25, 0.3) is 16.7 Å². The Morgan fingerprint density at radius 2 is 1.65 bits per heavy atom. The molecule has 1 amide bonds. The van der Waals surface area contributed by atoms with Gasteiger partial charge in [0.25, 0.3) is 5.56 Å². The lowest BCUT2D eigenvalue weighted by molar-refractivity contribution is -0.131. The molecule has 0 radical (unpaired) electrons. The number of fused-ring (bicyclic) bond motifs is 3. The molecule has 3 aromatic carbocycles. The number of aryl methyl sites for hydroxylation is 2. The normalized spacial score (nSPS) is 13.9. The van der Waals surface area contributed by atoms with Crippen LogP contribution in [0.2, 0.25) is 5.02 Å². The van der Waals surface area contributed by atoms with E-state index in [4.69, 9.17) is 11.6 Å². The number of carbonyl (C=O) groups is 1. The summed E-state index contributed by atoms with van der Waals surface area (Å²) >= 11 is 6.06. The third-order valence-corrected chi connectivity index (χ3v) is 8.19. The SMILES string of the molecule is Cc1cccc(N2CCN(C(=O)CCc3nnc4n(Cc5ccc(Cl)cc5)c(=O)c5ccccc5n34)CC2)c1C. The largest absolute Gasteiger partial charge is 0.368 e. The van der Waals surface area contributed by atoms with Crippen LogP contribution in [0.4, 0.5) is 5.69 Å². The van der Waals surface area contributed by atoms with Gasteiger partial charge in [0.15, 0.2) is 0 Å². The van der Waals surface area contributed by atoms with Crippen molar-refractivity contribution in [1.82, 2.24) is 24.1 Å². The highest BCUT2D eigenvalue weighted by atomic mass is 35.5. The van der Waals surface area contributed by atoms with Crippen molar-refractivity contribution >= 4 is 39.9 Å². The molecule has 0 spiro atoms. The number of rotatable bonds is 6. The molecular formula is C31H31ClN6O2. The summed E-state index contributed by atoms with van der Waals surface area (Å²) < 4.78 is 3.55. The van der Waals surface area contributed by atoms with E-state index in [2.05, 4.69) is 47.1 Å². The van der Waals surface area contributed by atoms with Crippen LogP contribution >= 0.6 is 11.6 Å². The minimum absolute atomic E-state index is 0.108. The van der Waals surface area contributed by atoms with Gasteiger partial charge in [0.1, 0.15) is 5.82 Å². The minimum Gasteiger partial charge on any atom is -0.368 e. The van der Waals surface area contributed by atoms with Gasteiger partial charge in [0.2, 0.25) is 11.7 Å². The van der Waals surface area contributed by atoms with Gasteiger partial charge in [-0.2, -0.15) is 0 Å². The van der Waals surface area contributed by atoms with Crippen LogP contribution in [0.1, 0.15) is 28.9 Å². The van der Waals surface area contributed by atoms with E-state index >= 15 is 0 Å². The van der Waals surface area contributed by atoms with Gasteiger partial charge in [-0.05, 0) is 60.9 Å². The summed E-state index contributed by atoms with van der Waals surface area (Å²) in [5.41, 5.74) is 5.37. The number of amides is 1. The van der Waals surface area contributed by atoms with Crippen LogP contribution in [0.3, 0.4) is 0 Å². The molecule has 9 heteroatoms. The quantitative estimate of drug-likeness (QED) is 0.305. The number of benzene rings is 3. The predicted octanol–water partition coefficient (Wildman–Crippen LogP) is 4.64. The van der Waals surface area contributed by atoms with Gasteiger partial charge >= 0.3 is 0 Å². The highest BCUT2D eigenvalue weighted by molar-refractivity contribution is 6.30. The molecule has 6 rings (SSSR count). The van der Waals surface area contributed by atoms with Gasteiger partial charge in [-0.25, -0.2) is 0 Å². The summed E-state index contributed by atoms with van der Waals surface area (Å²) in [6.45, 7) is 7.63. The lowest BCUT2D eigenvalue weighted by Crippen LogP contribution is -2.49. The molecule has 40 heavy (non-hydrogen) atoms. The number of aromatic nitrogens is 4. The second-order valence-electron chi connectivity index (χ2n) is 10.4. The van der Waals surface area contributed by atoms with Crippen LogP contribution in [-0.4, -0.2) is 56.2 Å². The molecule has 0 saturated carbocycles. The first-order valence-corrected chi connectivity index (χ1v) is 14.0. The van der Waals surface area contributed by atoms with E-state index in [0.717, 1.165) is 24.2 Å². The fourth-order valence-electron chi connectivity index (χ4n) is 5.54. The molecule has 0 aliphatic carbocycles. The number of halogens is 1. The fourth-order valence-corrected chi connectivity index (χ4v) is 5.67. The minimum atomic E-state index is -0.130. The van der Waals surface area contributed by atoms with E-state index in [1.54, 1.807) is 4.57 Å². The Labute approximate surface area is 237 Å².